The van der Waals surface area contributed by atoms with Gasteiger partial charge in [0.15, 0.2) is 0 Å². The van der Waals surface area contributed by atoms with Crippen molar-refractivity contribution in [2.45, 2.75) is 0 Å². The SMILES string of the molecule is [Fe+3].[Fe+3].[O-2].[O-2].[O-2].[O]=[Cu]. The molecule has 0 aliphatic heterocycles. The Morgan fingerprint density at radius 3 is 0.714 bits per heavy atom. The van der Waals surface area contributed by atoms with E-state index in [4.69, 9.17) is 3.83 Å². The molecule has 7 heavy (non-hydrogen) atoms. The van der Waals surface area contributed by atoms with Crippen molar-refractivity contribution in [3.8, 4) is 0 Å². The predicted molar refractivity (Wildman–Crippen MR) is 2.75 cm³/mol. The molecule has 0 rings (SSSR count). The zero-order valence-electron chi connectivity index (χ0n) is 2.64. The van der Waals surface area contributed by atoms with E-state index in [1.165, 1.54) is 0 Å². The summed E-state index contributed by atoms with van der Waals surface area (Å²) in [6.45, 7) is 0. The first kappa shape index (κ1) is 86.1. The molecule has 0 aromatic heterocycles. The summed E-state index contributed by atoms with van der Waals surface area (Å²) in [4.78, 5) is 0. The van der Waals surface area contributed by atoms with Gasteiger partial charge in [-0.25, -0.2) is 0 Å². The molecule has 0 unspecified atom stereocenters. The van der Waals surface area contributed by atoms with Crippen LogP contribution < -0.4 is 0 Å². The topological polar surface area (TPSA) is 103 Å². The monoisotopic (exact) mass is 239 g/mol. The van der Waals surface area contributed by atoms with Gasteiger partial charge in [-0.15, -0.1) is 0 Å². The summed E-state index contributed by atoms with van der Waals surface area (Å²) in [5.41, 5.74) is 0. The second kappa shape index (κ2) is 184. The van der Waals surface area contributed by atoms with E-state index in [2.05, 4.69) is 15.9 Å². The van der Waals surface area contributed by atoms with Crippen molar-refractivity contribution in [3.05, 3.63) is 0 Å². The third kappa shape index (κ3) is 130. The van der Waals surface area contributed by atoms with Crippen molar-refractivity contribution in [1.82, 2.24) is 0 Å². The number of rotatable bonds is 0. The molecule has 0 aliphatic rings. The van der Waals surface area contributed by atoms with Gasteiger partial charge < -0.3 is 16.4 Å². The summed E-state index contributed by atoms with van der Waals surface area (Å²) in [5, 5.41) is 0. The minimum atomic E-state index is 0. The number of hydrogen-bond donors (Lipinski definition) is 0. The van der Waals surface area contributed by atoms with Crippen LogP contribution in [-0.4, -0.2) is 0 Å². The van der Waals surface area contributed by atoms with E-state index in [1.807, 2.05) is 0 Å². The molecule has 0 aromatic carbocycles. The standard InChI is InChI=1S/Cu.2Fe.4O/q;2*+3;;3*-2. The molecule has 0 N–H and O–H groups in total. The van der Waals surface area contributed by atoms with Gasteiger partial charge in [-0.05, 0) is 0 Å². The summed E-state index contributed by atoms with van der Waals surface area (Å²) >= 11 is 2.94. The van der Waals surface area contributed by atoms with Crippen molar-refractivity contribution in [2.24, 2.45) is 0 Å². The molecule has 0 atom stereocenters. The fraction of sp³-hybridized carbons (Fsp3) is 0. The van der Waals surface area contributed by atoms with Crippen LogP contribution in [0.3, 0.4) is 0 Å². The average molecular weight is 239 g/mol. The van der Waals surface area contributed by atoms with Gasteiger partial charge in [-0.1, -0.05) is 0 Å². The van der Waals surface area contributed by atoms with Crippen LogP contribution in [0.2, 0.25) is 0 Å². The minimum absolute atomic E-state index is 0. The molecule has 0 saturated carbocycles. The van der Waals surface area contributed by atoms with Crippen molar-refractivity contribution >= 4 is 0 Å². The Balaban J connectivity index is -0.000000000500. The molecular formula is CuFe2O4. The fourth-order valence-electron chi connectivity index (χ4n) is 0. The first-order chi connectivity index (χ1) is 1.00. The third-order valence-corrected chi connectivity index (χ3v) is 0. The predicted octanol–water partition coefficient (Wildman–Crippen LogP) is -0.483. The molecule has 0 spiro atoms. The van der Waals surface area contributed by atoms with E-state index < -0.39 is 0 Å². The molecule has 7 heteroatoms. The molecule has 0 aromatic rings. The van der Waals surface area contributed by atoms with Crippen LogP contribution in [0.4, 0.5) is 0 Å². The Morgan fingerprint density at radius 1 is 0.714 bits per heavy atom. The summed E-state index contributed by atoms with van der Waals surface area (Å²) in [7, 11) is 0. The van der Waals surface area contributed by atoms with Gasteiger partial charge in [0, 0.05) is 0 Å². The second-order valence-electron chi connectivity index (χ2n) is 0. The fourth-order valence-corrected chi connectivity index (χ4v) is 0. The summed E-state index contributed by atoms with van der Waals surface area (Å²) in [5.74, 6) is 0. The molecule has 0 saturated heterocycles. The van der Waals surface area contributed by atoms with Gasteiger partial charge >= 0.3 is 53.9 Å². The van der Waals surface area contributed by atoms with E-state index in [1.54, 1.807) is 0 Å². The van der Waals surface area contributed by atoms with Gasteiger partial charge in [0.25, 0.3) is 0 Å². The van der Waals surface area contributed by atoms with Gasteiger partial charge in [-0.3, -0.25) is 0 Å². The van der Waals surface area contributed by atoms with E-state index in [0.717, 1.165) is 0 Å². The van der Waals surface area contributed by atoms with Crippen LogP contribution in [0.5, 0.6) is 0 Å². The molecule has 4 nitrogen and oxygen atoms in total. The molecule has 0 bridgehead atoms. The van der Waals surface area contributed by atoms with Crippen molar-refractivity contribution in [1.29, 1.82) is 0 Å². The van der Waals surface area contributed by atoms with E-state index in [-0.39, 0.29) is 50.6 Å². The first-order valence-corrected chi connectivity index (χ1v) is 0.508. The Bertz CT molecular complexity index is 9.65. The normalized spacial score (nSPS) is 0.857. The van der Waals surface area contributed by atoms with Crippen LogP contribution in [0, 0.1) is 0 Å². The van der Waals surface area contributed by atoms with Crippen molar-refractivity contribution < 1.29 is 70.3 Å². The Hall–Kier alpha value is 1.24. The summed E-state index contributed by atoms with van der Waals surface area (Å²) in [6.07, 6.45) is 0. The summed E-state index contributed by atoms with van der Waals surface area (Å²) in [6, 6.07) is 0. The Morgan fingerprint density at radius 2 is 0.714 bits per heavy atom. The first-order valence-electron chi connectivity index (χ1n) is 0.123. The third-order valence-electron chi connectivity index (χ3n) is 0. The van der Waals surface area contributed by atoms with Gasteiger partial charge in [0.05, 0.1) is 0 Å². The Kier molecular flexibility index (Phi) is 2260. The van der Waals surface area contributed by atoms with Crippen molar-refractivity contribution in [2.75, 3.05) is 0 Å². The molecule has 0 amide bonds. The number of hydrogen-bond acceptors (Lipinski definition) is 1. The van der Waals surface area contributed by atoms with Crippen molar-refractivity contribution in [3.63, 3.8) is 0 Å². The summed E-state index contributed by atoms with van der Waals surface area (Å²) < 4.78 is 7.81. The maximum atomic E-state index is 7.81. The van der Waals surface area contributed by atoms with Crippen LogP contribution in [0.15, 0.2) is 0 Å². The second-order valence-corrected chi connectivity index (χ2v) is 0. The maximum absolute atomic E-state index is 7.81. The zero-order valence-corrected chi connectivity index (χ0v) is 5.79. The van der Waals surface area contributed by atoms with Gasteiger partial charge in [0.2, 0.25) is 0 Å². The van der Waals surface area contributed by atoms with Crippen LogP contribution >= 0.6 is 0 Å². The molecule has 0 fully saturated rings. The molecule has 0 heterocycles. The molecular weight excluding hydrogens is 239 g/mol. The van der Waals surface area contributed by atoms with E-state index >= 15 is 0 Å². The van der Waals surface area contributed by atoms with Crippen LogP contribution in [0.25, 0.3) is 0 Å². The van der Waals surface area contributed by atoms with Gasteiger partial charge in [0.1, 0.15) is 0 Å². The average Bonchev–Trinajstić information content (AvgIpc) is 1.00. The van der Waals surface area contributed by atoms with Gasteiger partial charge in [-0.2, -0.15) is 0 Å². The van der Waals surface area contributed by atoms with E-state index in [0.29, 0.717) is 0 Å². The van der Waals surface area contributed by atoms with Crippen LogP contribution in [0.1, 0.15) is 0 Å². The molecule has 0 aliphatic carbocycles. The quantitative estimate of drug-likeness (QED) is 0.523. The Labute approximate surface area is 70.3 Å². The zero-order chi connectivity index (χ0) is 2.00. The van der Waals surface area contributed by atoms with Crippen LogP contribution in [-0.2, 0) is 70.3 Å². The van der Waals surface area contributed by atoms with E-state index in [9.17, 15) is 0 Å². The molecule has 2 radical (unpaired) electrons. The molecule has 51 valence electrons.